The number of hydrogen-bond acceptors (Lipinski definition) is 12. The molecular formula is C36H32N8NiO6S2. The Morgan fingerprint density at radius 2 is 0.962 bits per heavy atom. The summed E-state index contributed by atoms with van der Waals surface area (Å²) < 4.78 is 0. The number of amides is 4. The number of benzene rings is 4. The van der Waals surface area contributed by atoms with Crippen LogP contribution in [0.2, 0.25) is 0 Å². The van der Waals surface area contributed by atoms with Crippen molar-refractivity contribution < 1.29 is 46.5 Å². The minimum absolute atomic E-state index is 0. The van der Waals surface area contributed by atoms with E-state index in [2.05, 4.69) is 41.7 Å². The van der Waals surface area contributed by atoms with Crippen LogP contribution in [0.1, 0.15) is 25.0 Å². The molecule has 0 aliphatic heterocycles. The first kappa shape index (κ1) is 39.5. The fraction of sp³-hybridized carbons (Fsp3) is 0.0556. The summed E-state index contributed by atoms with van der Waals surface area (Å²) in [5.74, 6) is -0.354. The molecule has 0 fully saturated rings. The van der Waals surface area contributed by atoms with E-state index in [4.69, 9.17) is 0 Å². The predicted octanol–water partition coefficient (Wildman–Crippen LogP) is 7.53. The van der Waals surface area contributed by atoms with Crippen LogP contribution >= 0.6 is 22.7 Å². The summed E-state index contributed by atoms with van der Waals surface area (Å²) >= 11 is 2.62. The summed E-state index contributed by atoms with van der Waals surface area (Å²) in [7, 11) is 0. The van der Waals surface area contributed by atoms with Gasteiger partial charge < -0.3 is 20.4 Å². The van der Waals surface area contributed by atoms with Gasteiger partial charge >= 0.3 is 12.1 Å². The number of hydrogen-bond donors (Lipinski definition) is 8. The number of aromatic hydroxyl groups is 4. The SMILES string of the molecule is C/C(=N\NC(=O)Nc1nc(-c2ccccc2)cs1)c1ccc(O)cc1O.C/C(=N\NC(=O)Nc1nc(-c2ccccc2)cs1)c1ccc(O)cc1O.[Ni]. The van der Waals surface area contributed by atoms with E-state index in [1.54, 1.807) is 13.8 Å². The maximum absolute atomic E-state index is 12.0. The normalized spacial score (nSPS) is 11.0. The van der Waals surface area contributed by atoms with Crippen LogP contribution in [0.3, 0.4) is 0 Å². The van der Waals surface area contributed by atoms with Crippen LogP contribution in [0.5, 0.6) is 23.0 Å². The Labute approximate surface area is 321 Å². The first-order valence-electron chi connectivity index (χ1n) is 15.3. The Bertz CT molecular complexity index is 2070. The number of urea groups is 2. The molecule has 0 atom stereocenters. The van der Waals surface area contributed by atoms with Gasteiger partial charge in [-0.25, -0.2) is 30.4 Å². The number of thiazole rings is 2. The van der Waals surface area contributed by atoms with Gasteiger partial charge in [0.1, 0.15) is 23.0 Å². The summed E-state index contributed by atoms with van der Waals surface area (Å²) in [4.78, 5) is 32.7. The van der Waals surface area contributed by atoms with Gasteiger partial charge in [-0.3, -0.25) is 10.6 Å². The van der Waals surface area contributed by atoms with Crippen molar-refractivity contribution in [3.63, 3.8) is 0 Å². The Morgan fingerprint density at radius 3 is 1.32 bits per heavy atom. The average molecular weight is 796 g/mol. The monoisotopic (exact) mass is 794 g/mol. The van der Waals surface area contributed by atoms with E-state index in [0.29, 0.717) is 32.8 Å². The Hall–Kier alpha value is -6.29. The van der Waals surface area contributed by atoms with E-state index >= 15 is 0 Å². The molecule has 53 heavy (non-hydrogen) atoms. The van der Waals surface area contributed by atoms with Crippen molar-refractivity contribution in [2.24, 2.45) is 10.2 Å². The van der Waals surface area contributed by atoms with Gasteiger partial charge in [-0.05, 0) is 38.1 Å². The smallest absolute Gasteiger partial charge is 0.341 e. The van der Waals surface area contributed by atoms with E-state index in [0.717, 1.165) is 22.5 Å². The number of nitrogens with one attached hydrogen (secondary N) is 4. The molecule has 0 aliphatic carbocycles. The minimum Gasteiger partial charge on any atom is -0.508 e. The van der Waals surface area contributed by atoms with Crippen molar-refractivity contribution in [2.75, 3.05) is 10.6 Å². The van der Waals surface area contributed by atoms with Crippen LogP contribution in [-0.2, 0) is 16.5 Å². The third kappa shape index (κ3) is 11.4. The number of anilines is 2. The molecule has 0 unspecified atom stereocenters. The zero-order valence-electron chi connectivity index (χ0n) is 27.9. The number of hydrazone groups is 2. The molecule has 6 rings (SSSR count). The summed E-state index contributed by atoms with van der Waals surface area (Å²) in [6.45, 7) is 3.26. The van der Waals surface area contributed by atoms with Crippen LogP contribution in [0.4, 0.5) is 19.9 Å². The zero-order chi connectivity index (χ0) is 37.0. The van der Waals surface area contributed by atoms with E-state index in [-0.39, 0.29) is 39.5 Å². The number of phenolic OH excluding ortho intramolecular Hbond substituents is 4. The van der Waals surface area contributed by atoms with Crippen molar-refractivity contribution in [2.45, 2.75) is 13.8 Å². The molecule has 0 saturated carbocycles. The van der Waals surface area contributed by atoms with Gasteiger partial charge in [0, 0.05) is 61.6 Å². The van der Waals surface area contributed by atoms with Gasteiger partial charge in [0.15, 0.2) is 10.3 Å². The second-order valence-electron chi connectivity index (χ2n) is 10.7. The molecule has 0 aliphatic rings. The number of rotatable bonds is 8. The quantitative estimate of drug-likeness (QED) is 0.0437. The second kappa shape index (κ2) is 18.8. The number of carbonyl (C=O) groups excluding carboxylic acids is 2. The standard InChI is InChI=1S/2C18H16N4O3S.Ni/c2*1-11(14-8-7-13(23)9-16(14)24)21-22-17(25)20-18-19-15(10-26-18)12-5-3-2-4-6-12;/h2*2-10,23-24H,1H3,(H2,19,20,22,25);/b2*21-11+;. The van der Waals surface area contributed by atoms with Gasteiger partial charge in [0.25, 0.3) is 0 Å². The Morgan fingerprint density at radius 1 is 0.585 bits per heavy atom. The van der Waals surface area contributed by atoms with Crippen molar-refractivity contribution >= 4 is 56.4 Å². The number of nitrogens with zero attached hydrogens (tertiary/aromatic N) is 4. The molecule has 17 heteroatoms. The molecule has 0 radical (unpaired) electrons. The van der Waals surface area contributed by atoms with Gasteiger partial charge in [-0.15, -0.1) is 22.7 Å². The molecule has 4 aromatic carbocycles. The molecule has 14 nitrogen and oxygen atoms in total. The van der Waals surface area contributed by atoms with E-state index in [1.807, 2.05) is 71.4 Å². The van der Waals surface area contributed by atoms with Crippen LogP contribution in [0.15, 0.2) is 118 Å². The van der Waals surface area contributed by atoms with Crippen LogP contribution in [0, 0.1) is 0 Å². The largest absolute Gasteiger partial charge is 0.508 e. The van der Waals surface area contributed by atoms with Gasteiger partial charge in [0.2, 0.25) is 0 Å². The summed E-state index contributed by atoms with van der Waals surface area (Å²) in [5, 5.41) is 55.9. The molecule has 2 aromatic heterocycles. The van der Waals surface area contributed by atoms with Crippen molar-refractivity contribution in [3.8, 4) is 45.5 Å². The van der Waals surface area contributed by atoms with E-state index in [9.17, 15) is 30.0 Å². The fourth-order valence-electron chi connectivity index (χ4n) is 4.44. The van der Waals surface area contributed by atoms with Crippen molar-refractivity contribution in [1.29, 1.82) is 0 Å². The maximum Gasteiger partial charge on any atom is 0.341 e. The number of aromatic nitrogens is 2. The molecule has 6 aromatic rings. The van der Waals surface area contributed by atoms with Gasteiger partial charge in [0.05, 0.1) is 22.8 Å². The molecule has 0 spiro atoms. The molecule has 0 bridgehead atoms. The molecule has 4 amide bonds. The van der Waals surface area contributed by atoms with Gasteiger partial charge in [-0.1, -0.05) is 60.7 Å². The van der Waals surface area contributed by atoms with Gasteiger partial charge in [-0.2, -0.15) is 10.2 Å². The minimum atomic E-state index is -0.545. The van der Waals surface area contributed by atoms with Crippen LogP contribution in [0.25, 0.3) is 22.5 Å². The molecular weight excluding hydrogens is 763 g/mol. The van der Waals surface area contributed by atoms with Crippen molar-refractivity contribution in [1.82, 2.24) is 20.8 Å². The van der Waals surface area contributed by atoms with E-state index < -0.39 is 12.1 Å². The molecule has 2 heterocycles. The predicted molar refractivity (Wildman–Crippen MR) is 203 cm³/mol. The maximum atomic E-state index is 12.0. The first-order chi connectivity index (χ1) is 25.0. The number of carbonyl (C=O) groups is 2. The zero-order valence-corrected chi connectivity index (χ0v) is 30.5. The third-order valence-corrected chi connectivity index (χ3v) is 8.50. The molecule has 0 saturated heterocycles. The Balaban J connectivity index is 0.000000232. The summed E-state index contributed by atoms with van der Waals surface area (Å²) in [5.41, 5.74) is 9.78. The summed E-state index contributed by atoms with van der Waals surface area (Å²) in [6.07, 6.45) is 0. The molecule has 274 valence electrons. The molecule has 8 N–H and O–H groups in total. The third-order valence-electron chi connectivity index (χ3n) is 6.98. The Kier molecular flexibility index (Phi) is 14.0. The van der Waals surface area contributed by atoms with Crippen LogP contribution in [-0.4, -0.2) is 53.9 Å². The van der Waals surface area contributed by atoms with Crippen molar-refractivity contribution in [3.05, 3.63) is 119 Å². The average Bonchev–Trinajstić information content (AvgIpc) is 3.81. The van der Waals surface area contributed by atoms with Crippen LogP contribution < -0.4 is 21.5 Å². The topological polar surface area (TPSA) is 214 Å². The fourth-order valence-corrected chi connectivity index (χ4v) is 5.87. The van der Waals surface area contributed by atoms with E-state index in [1.165, 1.54) is 59.1 Å². The summed E-state index contributed by atoms with van der Waals surface area (Å²) in [6, 6.07) is 26.5. The second-order valence-corrected chi connectivity index (χ2v) is 12.5. The number of phenols is 4. The first-order valence-corrected chi connectivity index (χ1v) is 17.1.